The standard InChI is InChI=1S/C24H33N3O2/c1-4-15-8-9-16-12-17(27(15)16)10-11-29-23-14-21-19(13-22(23)28-3)24(25-2)18-6-5-7-20(18)26-21/h13-17H,4-12H2,1-3H3,(H,25,26). The lowest BCUT2D eigenvalue weighted by Gasteiger charge is -2.47. The van der Waals surface area contributed by atoms with E-state index in [1.807, 2.05) is 7.05 Å². The van der Waals surface area contributed by atoms with Gasteiger partial charge in [0.1, 0.15) is 0 Å². The second-order valence-electron chi connectivity index (χ2n) is 8.80. The van der Waals surface area contributed by atoms with Gasteiger partial charge in [-0.3, -0.25) is 9.88 Å². The fourth-order valence-electron chi connectivity index (χ4n) is 5.93. The lowest BCUT2D eigenvalue weighted by Crippen LogP contribution is -2.55. The number of ether oxygens (including phenoxy) is 2. The van der Waals surface area contributed by atoms with Crippen LogP contribution >= 0.6 is 0 Å². The molecule has 5 heteroatoms. The number of methoxy groups -OCH3 is 1. The Hall–Kier alpha value is -2.01. The van der Waals surface area contributed by atoms with Crippen LogP contribution in [-0.4, -0.2) is 48.8 Å². The Labute approximate surface area is 173 Å². The quantitative estimate of drug-likeness (QED) is 0.745. The van der Waals surface area contributed by atoms with Crippen LogP contribution in [0.4, 0.5) is 5.69 Å². The predicted molar refractivity (Wildman–Crippen MR) is 117 cm³/mol. The summed E-state index contributed by atoms with van der Waals surface area (Å²) in [6.45, 7) is 3.05. The third-order valence-electron chi connectivity index (χ3n) is 7.37. The van der Waals surface area contributed by atoms with E-state index in [4.69, 9.17) is 14.5 Å². The molecule has 2 aromatic rings. The van der Waals surface area contributed by atoms with Crippen LogP contribution in [0.1, 0.15) is 56.7 Å². The number of hydrogen-bond acceptors (Lipinski definition) is 5. The van der Waals surface area contributed by atoms with Crippen LogP contribution in [0.2, 0.25) is 0 Å². The van der Waals surface area contributed by atoms with E-state index in [1.54, 1.807) is 7.11 Å². The fourth-order valence-corrected chi connectivity index (χ4v) is 5.93. The minimum absolute atomic E-state index is 0.691. The molecule has 3 aliphatic rings. The van der Waals surface area contributed by atoms with Crippen molar-refractivity contribution in [3.8, 4) is 11.5 Å². The highest BCUT2D eigenvalue weighted by molar-refractivity contribution is 5.95. The summed E-state index contributed by atoms with van der Waals surface area (Å²) in [7, 11) is 3.72. The van der Waals surface area contributed by atoms with E-state index < -0.39 is 0 Å². The second kappa shape index (κ2) is 7.67. The average molecular weight is 396 g/mol. The summed E-state index contributed by atoms with van der Waals surface area (Å²) in [4.78, 5) is 7.71. The van der Waals surface area contributed by atoms with Crippen molar-refractivity contribution in [1.82, 2.24) is 9.88 Å². The molecule has 0 radical (unpaired) electrons. The van der Waals surface area contributed by atoms with Crippen LogP contribution in [0.5, 0.6) is 11.5 Å². The molecule has 3 unspecified atom stereocenters. The maximum absolute atomic E-state index is 6.24. The molecule has 1 aliphatic carbocycles. The van der Waals surface area contributed by atoms with E-state index in [0.29, 0.717) is 6.04 Å². The molecule has 2 fully saturated rings. The molecule has 1 aromatic carbocycles. The Balaban J connectivity index is 1.34. The minimum Gasteiger partial charge on any atom is -0.493 e. The summed E-state index contributed by atoms with van der Waals surface area (Å²) in [6.07, 6.45) is 9.83. The van der Waals surface area contributed by atoms with E-state index in [-0.39, 0.29) is 0 Å². The molecule has 0 saturated carbocycles. The zero-order chi connectivity index (χ0) is 20.0. The molecular formula is C24H33N3O2. The molecule has 2 aliphatic heterocycles. The largest absolute Gasteiger partial charge is 0.493 e. The highest BCUT2D eigenvalue weighted by atomic mass is 16.5. The first-order valence-corrected chi connectivity index (χ1v) is 11.3. The summed E-state index contributed by atoms with van der Waals surface area (Å²) < 4.78 is 11.9. The highest BCUT2D eigenvalue weighted by Gasteiger charge is 2.45. The zero-order valence-corrected chi connectivity index (χ0v) is 18.0. The maximum Gasteiger partial charge on any atom is 0.163 e. The van der Waals surface area contributed by atoms with Gasteiger partial charge >= 0.3 is 0 Å². The van der Waals surface area contributed by atoms with Gasteiger partial charge in [-0.1, -0.05) is 6.92 Å². The average Bonchev–Trinajstić information content (AvgIpc) is 3.32. The Morgan fingerprint density at radius 1 is 1.17 bits per heavy atom. The number of benzene rings is 1. The number of hydrogen-bond donors (Lipinski definition) is 1. The van der Waals surface area contributed by atoms with Crippen LogP contribution < -0.4 is 14.8 Å². The molecule has 3 heterocycles. The molecule has 5 nitrogen and oxygen atoms in total. The van der Waals surface area contributed by atoms with Crippen molar-refractivity contribution < 1.29 is 9.47 Å². The summed E-state index contributed by atoms with van der Waals surface area (Å²) in [5.74, 6) is 1.62. The smallest absolute Gasteiger partial charge is 0.163 e. The summed E-state index contributed by atoms with van der Waals surface area (Å²) in [5.41, 5.74) is 4.80. The van der Waals surface area contributed by atoms with Crippen molar-refractivity contribution in [2.24, 2.45) is 0 Å². The van der Waals surface area contributed by atoms with Gasteiger partial charge in [0.15, 0.2) is 11.5 Å². The van der Waals surface area contributed by atoms with Crippen molar-refractivity contribution in [2.75, 3.05) is 26.1 Å². The van der Waals surface area contributed by atoms with E-state index in [1.165, 1.54) is 49.0 Å². The first-order chi connectivity index (χ1) is 14.2. The number of pyridine rings is 1. The molecule has 2 saturated heterocycles. The Morgan fingerprint density at radius 3 is 2.86 bits per heavy atom. The number of aryl methyl sites for hydroxylation is 1. The number of rotatable bonds is 7. The number of nitrogens with zero attached hydrogens (tertiary/aromatic N) is 2. The first-order valence-electron chi connectivity index (χ1n) is 11.3. The van der Waals surface area contributed by atoms with Crippen molar-refractivity contribution in [2.45, 2.75) is 76.4 Å². The number of anilines is 1. The maximum atomic E-state index is 6.24. The normalized spacial score (nSPS) is 25.6. The van der Waals surface area contributed by atoms with Gasteiger partial charge in [-0.15, -0.1) is 0 Å². The summed E-state index contributed by atoms with van der Waals surface area (Å²) in [5, 5.41) is 4.53. The van der Waals surface area contributed by atoms with Crippen LogP contribution in [0.3, 0.4) is 0 Å². The van der Waals surface area contributed by atoms with Gasteiger partial charge in [0, 0.05) is 48.0 Å². The van der Waals surface area contributed by atoms with E-state index in [2.05, 4.69) is 29.3 Å². The molecule has 156 valence electrons. The number of fused-ring (bicyclic) bond motifs is 3. The van der Waals surface area contributed by atoms with E-state index >= 15 is 0 Å². The molecule has 0 spiro atoms. The fraction of sp³-hybridized carbons (Fsp3) is 0.625. The van der Waals surface area contributed by atoms with Crippen LogP contribution in [0.15, 0.2) is 12.1 Å². The van der Waals surface area contributed by atoms with Crippen molar-refractivity contribution in [1.29, 1.82) is 0 Å². The van der Waals surface area contributed by atoms with Crippen LogP contribution in [0.25, 0.3) is 10.9 Å². The third kappa shape index (κ3) is 3.14. The Bertz CT molecular complexity index is 913. The van der Waals surface area contributed by atoms with E-state index in [9.17, 15) is 0 Å². The Kier molecular flexibility index (Phi) is 5.02. The predicted octanol–water partition coefficient (Wildman–Crippen LogP) is 4.56. The molecular weight excluding hydrogens is 362 g/mol. The lowest BCUT2D eigenvalue weighted by atomic mass is 9.91. The molecule has 3 atom stereocenters. The van der Waals surface area contributed by atoms with Crippen LogP contribution in [-0.2, 0) is 12.8 Å². The summed E-state index contributed by atoms with van der Waals surface area (Å²) in [6, 6.07) is 6.49. The van der Waals surface area contributed by atoms with Crippen LogP contribution in [0, 0.1) is 0 Å². The van der Waals surface area contributed by atoms with Crippen molar-refractivity contribution >= 4 is 16.6 Å². The first kappa shape index (κ1) is 19.0. The molecule has 1 aromatic heterocycles. The summed E-state index contributed by atoms with van der Waals surface area (Å²) >= 11 is 0. The molecule has 0 amide bonds. The topological polar surface area (TPSA) is 46.6 Å². The van der Waals surface area contributed by atoms with Gasteiger partial charge < -0.3 is 14.8 Å². The zero-order valence-electron chi connectivity index (χ0n) is 18.0. The van der Waals surface area contributed by atoms with Crippen molar-refractivity contribution in [3.63, 3.8) is 0 Å². The minimum atomic E-state index is 0.691. The van der Waals surface area contributed by atoms with Gasteiger partial charge in [0.25, 0.3) is 0 Å². The molecule has 0 bridgehead atoms. The van der Waals surface area contributed by atoms with Gasteiger partial charge in [-0.05, 0) is 63.0 Å². The lowest BCUT2D eigenvalue weighted by molar-refractivity contribution is 0.00516. The number of nitrogens with one attached hydrogen (secondary N) is 1. The monoisotopic (exact) mass is 395 g/mol. The van der Waals surface area contributed by atoms with Gasteiger partial charge in [0.05, 0.1) is 19.2 Å². The molecule has 1 N–H and O–H groups in total. The highest BCUT2D eigenvalue weighted by Crippen LogP contribution is 2.42. The SMILES string of the molecule is CCC1CCC2CC(CCOc3cc4nc5c(c(NC)c4cc3OC)CCC5)N12. The number of aromatic nitrogens is 1. The Morgan fingerprint density at radius 2 is 2.07 bits per heavy atom. The van der Waals surface area contributed by atoms with Crippen molar-refractivity contribution in [3.05, 3.63) is 23.4 Å². The third-order valence-corrected chi connectivity index (χ3v) is 7.37. The molecule has 29 heavy (non-hydrogen) atoms. The van der Waals surface area contributed by atoms with Gasteiger partial charge in [0.2, 0.25) is 0 Å². The second-order valence-corrected chi connectivity index (χ2v) is 8.80. The van der Waals surface area contributed by atoms with Gasteiger partial charge in [-0.25, -0.2) is 0 Å². The van der Waals surface area contributed by atoms with Gasteiger partial charge in [-0.2, -0.15) is 0 Å². The molecule has 5 rings (SSSR count). The van der Waals surface area contributed by atoms with E-state index in [0.717, 1.165) is 60.4 Å².